The van der Waals surface area contributed by atoms with Gasteiger partial charge in [0.05, 0.1) is 6.54 Å². The van der Waals surface area contributed by atoms with Gasteiger partial charge in [0.25, 0.3) is 0 Å². The van der Waals surface area contributed by atoms with Gasteiger partial charge in [-0.1, -0.05) is 16.8 Å². The normalized spacial score (nSPS) is 11.7. The van der Waals surface area contributed by atoms with E-state index in [0.717, 1.165) is 0 Å². The van der Waals surface area contributed by atoms with E-state index in [1.54, 1.807) is 6.92 Å². The van der Waals surface area contributed by atoms with Crippen LogP contribution in [0, 0.1) is 6.92 Å². The molecule has 0 bridgehead atoms. The number of hydrogen-bond acceptors (Lipinski definition) is 6. The molecule has 0 aromatic carbocycles. The van der Waals surface area contributed by atoms with E-state index in [0.29, 0.717) is 5.82 Å². The van der Waals surface area contributed by atoms with Crippen LogP contribution in [0.4, 0.5) is 0 Å². The highest BCUT2D eigenvalue weighted by Crippen LogP contribution is 2.17. The van der Waals surface area contributed by atoms with Crippen molar-refractivity contribution in [1.82, 2.24) is 19.8 Å². The van der Waals surface area contributed by atoms with Crippen LogP contribution in [-0.4, -0.2) is 23.5 Å². The van der Waals surface area contributed by atoms with Gasteiger partial charge in [-0.15, -0.1) is 0 Å². The third kappa shape index (κ3) is 2.84. The molecule has 0 atom stereocenters. The largest absolute Gasteiger partial charge is 0.338 e. The van der Waals surface area contributed by atoms with Gasteiger partial charge in [0.2, 0.25) is 15.9 Å². The van der Waals surface area contributed by atoms with E-state index in [9.17, 15) is 8.42 Å². The number of pyridine rings is 1. The van der Waals surface area contributed by atoms with E-state index in [2.05, 4.69) is 19.8 Å². The van der Waals surface area contributed by atoms with Crippen molar-refractivity contribution in [1.29, 1.82) is 0 Å². The molecule has 2 rings (SSSR count). The Labute approximate surface area is 108 Å². The first kappa shape index (κ1) is 12.9. The smallest absolute Gasteiger partial charge is 0.244 e. The summed E-state index contributed by atoms with van der Waals surface area (Å²) in [6.07, 6.45) is 1.41. The molecule has 0 spiro atoms. The van der Waals surface area contributed by atoms with E-state index in [1.165, 1.54) is 18.3 Å². The maximum atomic E-state index is 11.9. The van der Waals surface area contributed by atoms with Crippen molar-refractivity contribution < 1.29 is 12.9 Å². The Morgan fingerprint density at radius 2 is 2.28 bits per heavy atom. The second-order valence-corrected chi connectivity index (χ2v) is 5.45. The van der Waals surface area contributed by atoms with Crippen molar-refractivity contribution >= 4 is 21.6 Å². The average Bonchev–Trinajstić information content (AvgIpc) is 2.73. The number of rotatable bonds is 4. The van der Waals surface area contributed by atoms with Gasteiger partial charge in [-0.25, -0.2) is 18.1 Å². The maximum absolute atomic E-state index is 11.9. The van der Waals surface area contributed by atoms with E-state index in [1.807, 2.05) is 0 Å². The zero-order valence-electron chi connectivity index (χ0n) is 9.29. The fourth-order valence-corrected chi connectivity index (χ4v) is 2.64. The van der Waals surface area contributed by atoms with Crippen LogP contribution in [0.5, 0.6) is 0 Å². The van der Waals surface area contributed by atoms with Crippen LogP contribution in [0.25, 0.3) is 0 Å². The second-order valence-electron chi connectivity index (χ2n) is 3.35. The summed E-state index contributed by atoms with van der Waals surface area (Å²) in [5.41, 5.74) is 0. The van der Waals surface area contributed by atoms with Gasteiger partial charge in [-0.3, -0.25) is 0 Å². The lowest BCUT2D eigenvalue weighted by Gasteiger charge is -2.05. The van der Waals surface area contributed by atoms with Crippen LogP contribution in [0.2, 0.25) is 5.15 Å². The van der Waals surface area contributed by atoms with Crippen molar-refractivity contribution in [2.45, 2.75) is 18.4 Å². The van der Waals surface area contributed by atoms with Gasteiger partial charge in [0, 0.05) is 6.20 Å². The zero-order valence-corrected chi connectivity index (χ0v) is 10.9. The van der Waals surface area contributed by atoms with Crippen molar-refractivity contribution in [2.24, 2.45) is 0 Å². The number of aryl methyl sites for hydroxylation is 1. The van der Waals surface area contributed by atoms with E-state index < -0.39 is 10.0 Å². The molecule has 2 aromatic rings. The van der Waals surface area contributed by atoms with Gasteiger partial charge in [-0.2, -0.15) is 4.98 Å². The third-order valence-electron chi connectivity index (χ3n) is 2.00. The quantitative estimate of drug-likeness (QED) is 0.840. The van der Waals surface area contributed by atoms with Crippen molar-refractivity contribution in [3.05, 3.63) is 35.2 Å². The molecule has 9 heteroatoms. The van der Waals surface area contributed by atoms with Gasteiger partial charge in [0.15, 0.2) is 5.82 Å². The summed E-state index contributed by atoms with van der Waals surface area (Å²) in [5.74, 6) is 0.611. The number of sulfonamides is 1. The first-order valence-corrected chi connectivity index (χ1v) is 6.74. The summed E-state index contributed by atoms with van der Waals surface area (Å²) in [4.78, 5) is 7.48. The molecule has 96 valence electrons. The molecule has 0 aliphatic rings. The third-order valence-corrected chi connectivity index (χ3v) is 3.84. The Hall–Kier alpha value is -1.51. The molecular weight excluding hydrogens is 280 g/mol. The Morgan fingerprint density at radius 3 is 2.89 bits per heavy atom. The monoisotopic (exact) mass is 288 g/mol. The van der Waals surface area contributed by atoms with Crippen LogP contribution >= 0.6 is 11.6 Å². The molecule has 0 aliphatic heterocycles. The summed E-state index contributed by atoms with van der Waals surface area (Å²) < 4.78 is 30.9. The van der Waals surface area contributed by atoms with Gasteiger partial charge >= 0.3 is 0 Å². The lowest BCUT2D eigenvalue weighted by Crippen LogP contribution is -2.23. The van der Waals surface area contributed by atoms with Crippen LogP contribution in [0.3, 0.4) is 0 Å². The van der Waals surface area contributed by atoms with E-state index in [4.69, 9.17) is 16.1 Å². The van der Waals surface area contributed by atoms with Gasteiger partial charge in [-0.05, 0) is 19.1 Å². The number of hydrogen-bond donors (Lipinski definition) is 1. The van der Waals surface area contributed by atoms with Crippen LogP contribution < -0.4 is 4.72 Å². The number of nitrogens with one attached hydrogen (secondary N) is 1. The summed E-state index contributed by atoms with van der Waals surface area (Å²) in [6, 6.07) is 2.84. The molecule has 0 radical (unpaired) electrons. The average molecular weight is 289 g/mol. The minimum Gasteiger partial charge on any atom is -0.338 e. The van der Waals surface area contributed by atoms with Crippen LogP contribution in [0.1, 0.15) is 11.7 Å². The Bertz CT molecular complexity index is 655. The molecule has 0 aliphatic carbocycles. The van der Waals surface area contributed by atoms with E-state index in [-0.39, 0.29) is 22.5 Å². The fourth-order valence-electron chi connectivity index (χ4n) is 1.22. The molecule has 0 fully saturated rings. The molecular formula is C9H9ClN4O3S. The molecule has 18 heavy (non-hydrogen) atoms. The molecule has 0 saturated heterocycles. The Kier molecular flexibility index (Phi) is 3.60. The van der Waals surface area contributed by atoms with Gasteiger partial charge < -0.3 is 4.52 Å². The topological polar surface area (TPSA) is 98.0 Å². The Morgan fingerprint density at radius 1 is 1.50 bits per heavy atom. The summed E-state index contributed by atoms with van der Waals surface area (Å²) in [5, 5.41) is 3.46. The standard InChI is InChI=1S/C9H9ClN4O3S/c1-6-13-8(17-14-6)5-12-18(15,16)7-3-2-4-11-9(7)10/h2-4,12H,5H2,1H3. The lowest BCUT2D eigenvalue weighted by atomic mass is 10.5. The van der Waals surface area contributed by atoms with Crippen LogP contribution in [-0.2, 0) is 16.6 Å². The SMILES string of the molecule is Cc1noc(CNS(=O)(=O)c2cccnc2Cl)n1. The molecule has 0 amide bonds. The number of nitrogens with zero attached hydrogens (tertiary/aromatic N) is 3. The molecule has 0 saturated carbocycles. The van der Waals surface area contributed by atoms with Crippen molar-refractivity contribution in [2.75, 3.05) is 0 Å². The summed E-state index contributed by atoms with van der Waals surface area (Å²) >= 11 is 5.71. The second kappa shape index (κ2) is 5.01. The summed E-state index contributed by atoms with van der Waals surface area (Å²) in [6.45, 7) is 1.54. The summed E-state index contributed by atoms with van der Waals surface area (Å²) in [7, 11) is -3.75. The highest BCUT2D eigenvalue weighted by Gasteiger charge is 2.19. The number of aromatic nitrogens is 3. The molecule has 0 unspecified atom stereocenters. The minimum atomic E-state index is -3.75. The first-order valence-electron chi connectivity index (χ1n) is 4.88. The molecule has 2 heterocycles. The van der Waals surface area contributed by atoms with Gasteiger partial charge in [0.1, 0.15) is 10.0 Å². The highest BCUT2D eigenvalue weighted by molar-refractivity contribution is 7.89. The predicted octanol–water partition coefficient (Wildman–Crippen LogP) is 0.905. The Balaban J connectivity index is 2.16. The maximum Gasteiger partial charge on any atom is 0.244 e. The van der Waals surface area contributed by atoms with Crippen molar-refractivity contribution in [3.8, 4) is 0 Å². The number of halogens is 1. The zero-order chi connectivity index (χ0) is 13.2. The fraction of sp³-hybridized carbons (Fsp3) is 0.222. The predicted molar refractivity (Wildman–Crippen MR) is 62.3 cm³/mol. The lowest BCUT2D eigenvalue weighted by molar-refractivity contribution is 0.372. The molecule has 7 nitrogen and oxygen atoms in total. The van der Waals surface area contributed by atoms with E-state index >= 15 is 0 Å². The molecule has 2 aromatic heterocycles. The molecule has 1 N–H and O–H groups in total. The van der Waals surface area contributed by atoms with Crippen molar-refractivity contribution in [3.63, 3.8) is 0 Å². The van der Waals surface area contributed by atoms with Crippen LogP contribution in [0.15, 0.2) is 27.7 Å². The first-order chi connectivity index (χ1) is 8.49. The highest BCUT2D eigenvalue weighted by atomic mass is 35.5. The minimum absolute atomic E-state index is 0.0910.